The summed E-state index contributed by atoms with van der Waals surface area (Å²) in [6.45, 7) is 2.33. The van der Waals surface area contributed by atoms with E-state index in [0.717, 1.165) is 5.56 Å². The summed E-state index contributed by atoms with van der Waals surface area (Å²) < 4.78 is 10.7. The summed E-state index contributed by atoms with van der Waals surface area (Å²) in [6.07, 6.45) is 1.58. The molecule has 1 aliphatic rings. The number of ether oxygens (including phenoxy) is 2. The van der Waals surface area contributed by atoms with Gasteiger partial charge < -0.3 is 9.47 Å². The van der Waals surface area contributed by atoms with E-state index in [9.17, 15) is 4.79 Å². The Kier molecular flexibility index (Phi) is 3.25. The first-order chi connectivity index (χ1) is 7.81. The van der Waals surface area contributed by atoms with Crippen molar-refractivity contribution in [2.45, 2.75) is 19.4 Å². The molecule has 0 aromatic heterocycles. The van der Waals surface area contributed by atoms with Gasteiger partial charge in [0.15, 0.2) is 5.76 Å². The molecule has 0 radical (unpaired) electrons. The number of benzene rings is 1. The van der Waals surface area contributed by atoms with Crippen LogP contribution >= 0.6 is 0 Å². The largest absolute Gasteiger partial charge is 0.489 e. The summed E-state index contributed by atoms with van der Waals surface area (Å²) in [4.78, 5) is 11.7. The number of carbonyl (C=O) groups excluding carboxylic acids is 1. The summed E-state index contributed by atoms with van der Waals surface area (Å²) >= 11 is 0. The molecule has 3 heteroatoms. The summed E-state index contributed by atoms with van der Waals surface area (Å²) in [5.41, 5.74) is 1.02. The molecule has 84 valence electrons. The van der Waals surface area contributed by atoms with Gasteiger partial charge in [0.1, 0.15) is 12.4 Å². The fourth-order valence-corrected chi connectivity index (χ4v) is 1.66. The van der Waals surface area contributed by atoms with Crippen LogP contribution in [-0.4, -0.2) is 12.4 Å². The van der Waals surface area contributed by atoms with Crippen LogP contribution in [0.3, 0.4) is 0 Å². The van der Waals surface area contributed by atoms with Crippen LogP contribution in [0, 0.1) is 0 Å². The van der Waals surface area contributed by atoms with Crippen LogP contribution in [0.15, 0.2) is 42.4 Å². The highest BCUT2D eigenvalue weighted by Gasteiger charge is 2.25. The zero-order chi connectivity index (χ0) is 11.4. The van der Waals surface area contributed by atoms with Crippen molar-refractivity contribution in [2.24, 2.45) is 0 Å². The van der Waals surface area contributed by atoms with Gasteiger partial charge in [0.2, 0.25) is 5.78 Å². The lowest BCUT2D eigenvalue weighted by Crippen LogP contribution is -2.18. The van der Waals surface area contributed by atoms with Crippen molar-refractivity contribution in [1.82, 2.24) is 0 Å². The normalized spacial score (nSPS) is 19.9. The Labute approximate surface area is 94.7 Å². The van der Waals surface area contributed by atoms with Crippen LogP contribution in [0.5, 0.6) is 0 Å². The molecule has 0 saturated carbocycles. The van der Waals surface area contributed by atoms with Gasteiger partial charge in [-0.05, 0) is 12.5 Å². The Bertz CT molecular complexity index is 395. The molecule has 3 nitrogen and oxygen atoms in total. The van der Waals surface area contributed by atoms with Crippen LogP contribution in [0.1, 0.15) is 25.0 Å². The minimum absolute atomic E-state index is 0.00181. The highest BCUT2D eigenvalue weighted by Crippen LogP contribution is 2.27. The second kappa shape index (κ2) is 4.84. The zero-order valence-electron chi connectivity index (χ0n) is 9.18. The number of ketones is 1. The lowest BCUT2D eigenvalue weighted by Gasteiger charge is -2.22. The molecule has 0 saturated heterocycles. The van der Waals surface area contributed by atoms with E-state index in [0.29, 0.717) is 18.8 Å². The maximum atomic E-state index is 11.7. The van der Waals surface area contributed by atoms with E-state index < -0.39 is 0 Å². The first-order valence-electron chi connectivity index (χ1n) is 5.38. The summed E-state index contributed by atoms with van der Waals surface area (Å²) in [7, 11) is 0. The second-order valence-corrected chi connectivity index (χ2v) is 3.58. The average Bonchev–Trinajstić information content (AvgIpc) is 2.33. The van der Waals surface area contributed by atoms with Crippen molar-refractivity contribution in [3.05, 3.63) is 47.9 Å². The Morgan fingerprint density at radius 1 is 1.38 bits per heavy atom. The second-order valence-electron chi connectivity index (χ2n) is 3.58. The molecule has 1 heterocycles. The van der Waals surface area contributed by atoms with Gasteiger partial charge in [-0.3, -0.25) is 4.79 Å². The van der Waals surface area contributed by atoms with E-state index in [2.05, 4.69) is 0 Å². The van der Waals surface area contributed by atoms with E-state index >= 15 is 0 Å². The summed E-state index contributed by atoms with van der Waals surface area (Å²) in [6, 6.07) is 9.72. The van der Waals surface area contributed by atoms with Gasteiger partial charge in [-0.15, -0.1) is 0 Å². The van der Waals surface area contributed by atoms with Crippen molar-refractivity contribution in [2.75, 3.05) is 6.61 Å². The van der Waals surface area contributed by atoms with Gasteiger partial charge in [0, 0.05) is 0 Å². The van der Waals surface area contributed by atoms with Gasteiger partial charge in [-0.25, -0.2) is 0 Å². The third kappa shape index (κ3) is 2.24. The fraction of sp³-hybridized carbons (Fsp3) is 0.308. The van der Waals surface area contributed by atoms with Crippen LogP contribution in [-0.2, 0) is 14.3 Å². The maximum Gasteiger partial charge on any atom is 0.204 e. The molecule has 0 amide bonds. The standard InChI is InChI=1S/C13H14O3/c1-2-15-13-9-16-12(8-11(13)14)10-6-4-3-5-7-10/h3-7,9,12H,2,8H2,1H3. The molecule has 0 bridgehead atoms. The van der Waals surface area contributed by atoms with Crippen molar-refractivity contribution < 1.29 is 14.3 Å². The molecular formula is C13H14O3. The highest BCUT2D eigenvalue weighted by atomic mass is 16.5. The fourth-order valence-electron chi connectivity index (χ4n) is 1.66. The van der Waals surface area contributed by atoms with Gasteiger partial charge >= 0.3 is 0 Å². The van der Waals surface area contributed by atoms with E-state index in [1.165, 1.54) is 6.26 Å². The molecular weight excluding hydrogens is 204 g/mol. The molecule has 1 unspecified atom stereocenters. The minimum Gasteiger partial charge on any atom is -0.489 e. The first kappa shape index (κ1) is 10.7. The molecule has 1 aliphatic heterocycles. The average molecular weight is 218 g/mol. The Balaban J connectivity index is 2.11. The molecule has 0 spiro atoms. The van der Waals surface area contributed by atoms with Gasteiger partial charge in [0.25, 0.3) is 0 Å². The van der Waals surface area contributed by atoms with Gasteiger partial charge in [0.05, 0.1) is 13.0 Å². The minimum atomic E-state index is -0.182. The van der Waals surface area contributed by atoms with Crippen molar-refractivity contribution in [1.29, 1.82) is 0 Å². The number of carbonyl (C=O) groups is 1. The Hall–Kier alpha value is -1.77. The van der Waals surface area contributed by atoms with Crippen LogP contribution in [0.4, 0.5) is 0 Å². The Morgan fingerprint density at radius 2 is 2.12 bits per heavy atom. The molecule has 0 fully saturated rings. The molecule has 1 atom stereocenters. The molecule has 1 aromatic carbocycles. The van der Waals surface area contributed by atoms with Crippen molar-refractivity contribution in [3.8, 4) is 0 Å². The zero-order valence-corrected chi connectivity index (χ0v) is 9.18. The maximum absolute atomic E-state index is 11.7. The third-order valence-electron chi connectivity index (χ3n) is 2.46. The molecule has 0 aliphatic carbocycles. The molecule has 0 N–H and O–H groups in total. The molecule has 2 rings (SSSR count). The lowest BCUT2D eigenvalue weighted by molar-refractivity contribution is -0.123. The van der Waals surface area contributed by atoms with Gasteiger partial charge in [-0.2, -0.15) is 0 Å². The number of hydrogen-bond donors (Lipinski definition) is 0. The predicted octanol–water partition coefficient (Wildman–Crippen LogP) is 2.60. The summed E-state index contributed by atoms with van der Waals surface area (Å²) in [5.74, 6) is 0.330. The smallest absolute Gasteiger partial charge is 0.204 e. The number of Topliss-reactive ketones (excluding diaryl/α,β-unsaturated/α-hetero) is 1. The first-order valence-corrected chi connectivity index (χ1v) is 5.38. The monoisotopic (exact) mass is 218 g/mol. The number of rotatable bonds is 3. The van der Waals surface area contributed by atoms with E-state index in [1.807, 2.05) is 37.3 Å². The molecule has 16 heavy (non-hydrogen) atoms. The third-order valence-corrected chi connectivity index (χ3v) is 2.46. The van der Waals surface area contributed by atoms with Crippen molar-refractivity contribution in [3.63, 3.8) is 0 Å². The van der Waals surface area contributed by atoms with Crippen LogP contribution < -0.4 is 0 Å². The predicted molar refractivity (Wildman–Crippen MR) is 59.6 cm³/mol. The SMILES string of the molecule is CCOC1=COC(c2ccccc2)CC1=O. The van der Waals surface area contributed by atoms with Crippen LogP contribution in [0.25, 0.3) is 0 Å². The van der Waals surface area contributed by atoms with E-state index in [1.54, 1.807) is 0 Å². The lowest BCUT2D eigenvalue weighted by atomic mass is 10.0. The summed E-state index contributed by atoms with van der Waals surface area (Å²) in [5, 5.41) is 0. The number of hydrogen-bond acceptors (Lipinski definition) is 3. The Morgan fingerprint density at radius 3 is 2.75 bits per heavy atom. The topological polar surface area (TPSA) is 35.5 Å². The quantitative estimate of drug-likeness (QED) is 0.782. The highest BCUT2D eigenvalue weighted by molar-refractivity contribution is 5.94. The van der Waals surface area contributed by atoms with E-state index in [4.69, 9.17) is 9.47 Å². The van der Waals surface area contributed by atoms with E-state index in [-0.39, 0.29) is 11.9 Å². The van der Waals surface area contributed by atoms with Crippen LogP contribution in [0.2, 0.25) is 0 Å². The van der Waals surface area contributed by atoms with Gasteiger partial charge in [-0.1, -0.05) is 30.3 Å². The number of allylic oxidation sites excluding steroid dienone is 1. The molecule has 1 aromatic rings. The van der Waals surface area contributed by atoms with Crippen molar-refractivity contribution >= 4 is 5.78 Å².